The average Bonchev–Trinajstić information content (AvgIpc) is 3.00. The highest BCUT2D eigenvalue weighted by molar-refractivity contribution is 6.29. The lowest BCUT2D eigenvalue weighted by atomic mass is 9.82. The number of halogens is 1. The molecule has 5 heteroatoms. The number of aromatic nitrogens is 1. The summed E-state index contributed by atoms with van der Waals surface area (Å²) in [6.45, 7) is 6.21. The standard InChI is InChI=1S/C18H27ClN4/c1-2-20-18(21-10-9-14-7-8-17(19)22-11-14)23-12-15-5-3-4-6-16(15)13-23/h7-8,11,15-16H,2-6,9-10,12-13H2,1H3,(H,20,21). The van der Waals surface area contributed by atoms with Gasteiger partial charge >= 0.3 is 0 Å². The molecule has 0 spiro atoms. The van der Waals surface area contributed by atoms with E-state index in [4.69, 9.17) is 16.6 Å². The highest BCUT2D eigenvalue weighted by Gasteiger charge is 2.35. The fourth-order valence-electron chi connectivity index (χ4n) is 3.85. The number of pyridine rings is 1. The molecule has 2 unspecified atom stereocenters. The van der Waals surface area contributed by atoms with E-state index in [2.05, 4.69) is 22.1 Å². The maximum Gasteiger partial charge on any atom is 0.193 e. The van der Waals surface area contributed by atoms with Gasteiger partial charge in [-0.1, -0.05) is 30.5 Å². The smallest absolute Gasteiger partial charge is 0.193 e. The van der Waals surface area contributed by atoms with E-state index in [9.17, 15) is 0 Å². The fraction of sp³-hybridized carbons (Fsp3) is 0.667. The van der Waals surface area contributed by atoms with Crippen LogP contribution in [0.25, 0.3) is 0 Å². The summed E-state index contributed by atoms with van der Waals surface area (Å²) < 4.78 is 0. The van der Waals surface area contributed by atoms with Gasteiger partial charge in [-0.3, -0.25) is 4.99 Å². The van der Waals surface area contributed by atoms with Crippen molar-refractivity contribution in [2.45, 2.75) is 39.0 Å². The number of guanidine groups is 1. The Morgan fingerprint density at radius 3 is 2.65 bits per heavy atom. The molecule has 3 rings (SSSR count). The molecule has 1 aromatic heterocycles. The van der Waals surface area contributed by atoms with E-state index < -0.39 is 0 Å². The molecule has 23 heavy (non-hydrogen) atoms. The summed E-state index contributed by atoms with van der Waals surface area (Å²) >= 11 is 5.83. The molecule has 0 aromatic carbocycles. The van der Waals surface area contributed by atoms with Crippen LogP contribution in [0.1, 0.15) is 38.2 Å². The Hall–Kier alpha value is -1.29. The van der Waals surface area contributed by atoms with E-state index in [1.807, 2.05) is 18.3 Å². The quantitative estimate of drug-likeness (QED) is 0.521. The Bertz CT molecular complexity index is 514. The van der Waals surface area contributed by atoms with Gasteiger partial charge in [0.25, 0.3) is 0 Å². The first-order valence-electron chi connectivity index (χ1n) is 8.90. The van der Waals surface area contributed by atoms with E-state index in [0.717, 1.165) is 37.3 Å². The second kappa shape index (κ2) is 8.00. The number of nitrogens with zero attached hydrogens (tertiary/aromatic N) is 3. The van der Waals surface area contributed by atoms with Crippen molar-refractivity contribution in [1.29, 1.82) is 0 Å². The van der Waals surface area contributed by atoms with Crippen LogP contribution in [-0.4, -0.2) is 42.0 Å². The summed E-state index contributed by atoms with van der Waals surface area (Å²) in [6.07, 6.45) is 8.36. The topological polar surface area (TPSA) is 40.5 Å². The fourth-order valence-corrected chi connectivity index (χ4v) is 3.96. The molecule has 2 heterocycles. The number of fused-ring (bicyclic) bond motifs is 1. The Balaban J connectivity index is 1.58. The lowest BCUT2D eigenvalue weighted by Gasteiger charge is -2.22. The molecule has 1 saturated heterocycles. The largest absolute Gasteiger partial charge is 0.357 e. The van der Waals surface area contributed by atoms with Crippen LogP contribution in [0.5, 0.6) is 0 Å². The molecule has 1 aromatic rings. The Morgan fingerprint density at radius 2 is 2.04 bits per heavy atom. The number of nitrogens with one attached hydrogen (secondary N) is 1. The summed E-state index contributed by atoms with van der Waals surface area (Å²) in [5.74, 6) is 2.85. The molecule has 0 amide bonds. The van der Waals surface area contributed by atoms with Crippen molar-refractivity contribution in [3.8, 4) is 0 Å². The lowest BCUT2D eigenvalue weighted by Crippen LogP contribution is -2.40. The van der Waals surface area contributed by atoms with Gasteiger partial charge in [0.05, 0.1) is 0 Å². The molecule has 4 nitrogen and oxygen atoms in total. The van der Waals surface area contributed by atoms with E-state index in [-0.39, 0.29) is 0 Å². The second-order valence-electron chi connectivity index (χ2n) is 6.68. The molecule has 126 valence electrons. The zero-order valence-electron chi connectivity index (χ0n) is 14.0. The number of hydrogen-bond acceptors (Lipinski definition) is 2. The van der Waals surface area contributed by atoms with E-state index >= 15 is 0 Å². The molecular weight excluding hydrogens is 308 g/mol. The van der Waals surface area contributed by atoms with Gasteiger partial charge in [-0.25, -0.2) is 4.98 Å². The maximum absolute atomic E-state index is 5.83. The number of likely N-dealkylation sites (tertiary alicyclic amines) is 1. The minimum absolute atomic E-state index is 0.547. The third-order valence-electron chi connectivity index (χ3n) is 5.06. The van der Waals surface area contributed by atoms with Crippen LogP contribution < -0.4 is 5.32 Å². The van der Waals surface area contributed by atoms with Gasteiger partial charge in [0.1, 0.15) is 5.15 Å². The van der Waals surface area contributed by atoms with Gasteiger partial charge in [0.15, 0.2) is 5.96 Å². The zero-order chi connectivity index (χ0) is 16.1. The van der Waals surface area contributed by atoms with Crippen molar-refractivity contribution in [3.63, 3.8) is 0 Å². The van der Waals surface area contributed by atoms with Crippen LogP contribution in [0, 0.1) is 11.8 Å². The predicted octanol–water partition coefficient (Wildman–Crippen LogP) is 3.37. The molecular formula is C18H27ClN4. The second-order valence-corrected chi connectivity index (χ2v) is 7.07. The van der Waals surface area contributed by atoms with Gasteiger partial charge < -0.3 is 10.2 Å². The highest BCUT2D eigenvalue weighted by Crippen LogP contribution is 2.35. The minimum Gasteiger partial charge on any atom is -0.357 e. The first-order valence-corrected chi connectivity index (χ1v) is 9.27. The highest BCUT2D eigenvalue weighted by atomic mass is 35.5. The van der Waals surface area contributed by atoms with Crippen LogP contribution in [0.2, 0.25) is 5.15 Å². The van der Waals surface area contributed by atoms with Crippen molar-refractivity contribution >= 4 is 17.6 Å². The summed E-state index contributed by atoms with van der Waals surface area (Å²) in [6, 6.07) is 3.87. The van der Waals surface area contributed by atoms with Crippen LogP contribution in [0.15, 0.2) is 23.3 Å². The number of rotatable bonds is 4. The third-order valence-corrected chi connectivity index (χ3v) is 5.28. The van der Waals surface area contributed by atoms with E-state index in [0.29, 0.717) is 5.15 Å². The summed E-state index contributed by atoms with van der Waals surface area (Å²) in [5, 5.41) is 4.02. The van der Waals surface area contributed by atoms with Gasteiger partial charge in [-0.2, -0.15) is 0 Å². The van der Waals surface area contributed by atoms with Crippen molar-refractivity contribution < 1.29 is 0 Å². The van der Waals surface area contributed by atoms with Crippen LogP contribution in [0.3, 0.4) is 0 Å². The molecule has 1 saturated carbocycles. The third kappa shape index (κ3) is 4.37. The molecule has 0 radical (unpaired) electrons. The zero-order valence-corrected chi connectivity index (χ0v) is 14.7. The SMILES string of the molecule is CCNC(=NCCc1ccc(Cl)nc1)N1CC2CCCCC2C1. The average molecular weight is 335 g/mol. The van der Waals surface area contributed by atoms with Crippen LogP contribution in [0.4, 0.5) is 0 Å². The van der Waals surface area contributed by atoms with Crippen LogP contribution in [-0.2, 0) is 6.42 Å². The molecule has 2 aliphatic rings. The molecule has 0 bridgehead atoms. The van der Waals surface area contributed by atoms with E-state index in [1.54, 1.807) is 0 Å². The number of hydrogen-bond donors (Lipinski definition) is 1. The molecule has 1 aliphatic heterocycles. The first-order chi connectivity index (χ1) is 11.3. The Kier molecular flexibility index (Phi) is 5.76. The van der Waals surface area contributed by atoms with Crippen molar-refractivity contribution in [2.75, 3.05) is 26.2 Å². The molecule has 2 atom stereocenters. The summed E-state index contributed by atoms with van der Waals surface area (Å²) in [5.41, 5.74) is 1.18. The predicted molar refractivity (Wildman–Crippen MR) is 96.0 cm³/mol. The van der Waals surface area contributed by atoms with Crippen molar-refractivity contribution in [3.05, 3.63) is 29.0 Å². The Morgan fingerprint density at radius 1 is 1.30 bits per heavy atom. The summed E-state index contributed by atoms with van der Waals surface area (Å²) in [7, 11) is 0. The van der Waals surface area contributed by atoms with E-state index in [1.165, 1.54) is 44.3 Å². The van der Waals surface area contributed by atoms with Gasteiger partial charge in [0, 0.05) is 32.4 Å². The van der Waals surface area contributed by atoms with Gasteiger partial charge in [0.2, 0.25) is 0 Å². The summed E-state index contributed by atoms with van der Waals surface area (Å²) in [4.78, 5) is 11.4. The molecule has 1 aliphatic carbocycles. The van der Waals surface area contributed by atoms with Crippen LogP contribution >= 0.6 is 11.6 Å². The maximum atomic E-state index is 5.83. The molecule has 2 fully saturated rings. The Labute approximate surface area is 144 Å². The first kappa shape index (κ1) is 16.6. The van der Waals surface area contributed by atoms with Crippen molar-refractivity contribution in [2.24, 2.45) is 16.8 Å². The van der Waals surface area contributed by atoms with Gasteiger partial charge in [-0.15, -0.1) is 0 Å². The van der Waals surface area contributed by atoms with Crippen molar-refractivity contribution in [1.82, 2.24) is 15.2 Å². The molecule has 1 N–H and O–H groups in total. The monoisotopic (exact) mass is 334 g/mol. The van der Waals surface area contributed by atoms with Gasteiger partial charge in [-0.05, 0) is 49.7 Å². The normalized spacial score (nSPS) is 24.6. The minimum atomic E-state index is 0.547. The number of aliphatic imine (C=N–C) groups is 1. The lowest BCUT2D eigenvalue weighted by molar-refractivity contribution is 0.299.